The SMILES string of the molecule is CC(C)(C)CC(=O)N1CCCN(c2cccc(C(=O)c3cccnc3)n2)CC1. The number of aromatic nitrogens is 2. The minimum Gasteiger partial charge on any atom is -0.355 e. The van der Waals surface area contributed by atoms with Crippen molar-refractivity contribution in [2.24, 2.45) is 5.41 Å². The van der Waals surface area contributed by atoms with Crippen molar-refractivity contribution in [3.63, 3.8) is 0 Å². The van der Waals surface area contributed by atoms with E-state index in [0.717, 1.165) is 25.3 Å². The second kappa shape index (κ2) is 8.50. The molecule has 0 aromatic carbocycles. The number of amides is 1. The van der Waals surface area contributed by atoms with E-state index in [0.29, 0.717) is 30.8 Å². The van der Waals surface area contributed by atoms with Crippen LogP contribution in [0.3, 0.4) is 0 Å². The van der Waals surface area contributed by atoms with Gasteiger partial charge >= 0.3 is 0 Å². The van der Waals surface area contributed by atoms with Gasteiger partial charge < -0.3 is 9.80 Å². The molecule has 0 saturated carbocycles. The van der Waals surface area contributed by atoms with Crippen molar-refractivity contribution in [3.05, 3.63) is 54.0 Å². The molecule has 3 rings (SSSR count). The van der Waals surface area contributed by atoms with Crippen LogP contribution in [0.2, 0.25) is 0 Å². The maximum absolute atomic E-state index is 12.6. The maximum atomic E-state index is 12.6. The Labute approximate surface area is 166 Å². The summed E-state index contributed by atoms with van der Waals surface area (Å²) in [5, 5.41) is 0. The molecule has 148 valence electrons. The van der Waals surface area contributed by atoms with Crippen LogP contribution in [-0.2, 0) is 4.79 Å². The van der Waals surface area contributed by atoms with Crippen LogP contribution in [0.25, 0.3) is 0 Å². The third-order valence-corrected chi connectivity index (χ3v) is 4.74. The fourth-order valence-electron chi connectivity index (χ4n) is 3.33. The Bertz CT molecular complexity index is 830. The number of hydrogen-bond donors (Lipinski definition) is 0. The predicted molar refractivity (Wildman–Crippen MR) is 109 cm³/mol. The van der Waals surface area contributed by atoms with Crippen molar-refractivity contribution in [1.82, 2.24) is 14.9 Å². The Kier molecular flexibility index (Phi) is 6.07. The Hall–Kier alpha value is -2.76. The van der Waals surface area contributed by atoms with Crippen LogP contribution < -0.4 is 4.90 Å². The molecule has 2 aromatic heterocycles. The largest absolute Gasteiger partial charge is 0.355 e. The van der Waals surface area contributed by atoms with E-state index in [-0.39, 0.29) is 17.1 Å². The molecule has 0 bridgehead atoms. The van der Waals surface area contributed by atoms with E-state index in [9.17, 15) is 9.59 Å². The molecule has 6 heteroatoms. The topological polar surface area (TPSA) is 66.4 Å². The van der Waals surface area contributed by atoms with Crippen LogP contribution in [0.1, 0.15) is 49.7 Å². The van der Waals surface area contributed by atoms with Gasteiger partial charge in [0.2, 0.25) is 11.7 Å². The van der Waals surface area contributed by atoms with Crippen molar-refractivity contribution in [2.75, 3.05) is 31.1 Å². The van der Waals surface area contributed by atoms with Gasteiger partial charge in [0.15, 0.2) is 0 Å². The molecule has 0 N–H and O–H groups in total. The number of nitrogens with zero attached hydrogens (tertiary/aromatic N) is 4. The average Bonchev–Trinajstić information content (AvgIpc) is 2.93. The lowest BCUT2D eigenvalue weighted by Gasteiger charge is -2.26. The first kappa shape index (κ1) is 20.0. The molecule has 0 aliphatic carbocycles. The number of hydrogen-bond acceptors (Lipinski definition) is 5. The Morgan fingerprint density at radius 1 is 1.04 bits per heavy atom. The molecular formula is C22H28N4O2. The first-order chi connectivity index (χ1) is 13.3. The molecule has 1 amide bonds. The lowest BCUT2D eigenvalue weighted by molar-refractivity contribution is -0.132. The van der Waals surface area contributed by atoms with Gasteiger partial charge in [0.05, 0.1) is 0 Å². The molecule has 1 saturated heterocycles. The average molecular weight is 380 g/mol. The lowest BCUT2D eigenvalue weighted by atomic mass is 9.91. The monoisotopic (exact) mass is 380 g/mol. The Balaban J connectivity index is 1.69. The molecule has 6 nitrogen and oxygen atoms in total. The predicted octanol–water partition coefficient (Wildman–Crippen LogP) is 3.18. The van der Waals surface area contributed by atoms with Gasteiger partial charge in [-0.3, -0.25) is 14.6 Å². The van der Waals surface area contributed by atoms with Gasteiger partial charge in [-0.2, -0.15) is 0 Å². The quantitative estimate of drug-likeness (QED) is 0.762. The molecule has 0 unspecified atom stereocenters. The molecule has 0 spiro atoms. The fourth-order valence-corrected chi connectivity index (χ4v) is 3.33. The number of anilines is 1. The van der Waals surface area contributed by atoms with E-state index in [2.05, 4.69) is 35.6 Å². The number of ketones is 1. The lowest BCUT2D eigenvalue weighted by Crippen LogP contribution is -2.37. The van der Waals surface area contributed by atoms with Crippen LogP contribution >= 0.6 is 0 Å². The first-order valence-corrected chi connectivity index (χ1v) is 9.78. The highest BCUT2D eigenvalue weighted by atomic mass is 16.2. The van der Waals surface area contributed by atoms with E-state index in [1.165, 1.54) is 0 Å². The maximum Gasteiger partial charge on any atom is 0.223 e. The third kappa shape index (κ3) is 5.15. The smallest absolute Gasteiger partial charge is 0.223 e. The highest BCUT2D eigenvalue weighted by Gasteiger charge is 2.24. The standard InChI is InChI=1S/C22H28N4O2/c1-22(2,3)15-20(27)26-12-6-11-25(13-14-26)19-9-4-8-18(24-19)21(28)17-7-5-10-23-16-17/h4-5,7-10,16H,6,11-15H2,1-3H3. The summed E-state index contributed by atoms with van der Waals surface area (Å²) in [6.07, 6.45) is 4.64. The summed E-state index contributed by atoms with van der Waals surface area (Å²) in [6, 6.07) is 9.01. The number of rotatable bonds is 4. The van der Waals surface area contributed by atoms with Gasteiger partial charge in [-0.05, 0) is 36.1 Å². The second-order valence-corrected chi connectivity index (χ2v) is 8.41. The summed E-state index contributed by atoms with van der Waals surface area (Å²) < 4.78 is 0. The van der Waals surface area contributed by atoms with Crippen LogP contribution in [0.15, 0.2) is 42.7 Å². The van der Waals surface area contributed by atoms with Gasteiger partial charge in [0, 0.05) is 50.6 Å². The molecule has 2 aromatic rings. The van der Waals surface area contributed by atoms with Gasteiger partial charge in [0.25, 0.3) is 0 Å². The summed E-state index contributed by atoms with van der Waals surface area (Å²) >= 11 is 0. The molecule has 28 heavy (non-hydrogen) atoms. The van der Waals surface area contributed by atoms with Gasteiger partial charge in [-0.25, -0.2) is 4.98 Å². The zero-order valence-electron chi connectivity index (χ0n) is 16.9. The fraction of sp³-hybridized carbons (Fsp3) is 0.455. The molecule has 1 aliphatic rings. The molecule has 3 heterocycles. The highest BCUT2D eigenvalue weighted by Crippen LogP contribution is 2.21. The van der Waals surface area contributed by atoms with Crippen LogP contribution in [0.5, 0.6) is 0 Å². The van der Waals surface area contributed by atoms with E-state index in [1.807, 2.05) is 17.0 Å². The summed E-state index contributed by atoms with van der Waals surface area (Å²) in [6.45, 7) is 9.23. The van der Waals surface area contributed by atoms with E-state index in [4.69, 9.17) is 0 Å². The summed E-state index contributed by atoms with van der Waals surface area (Å²) in [5.41, 5.74) is 0.934. The summed E-state index contributed by atoms with van der Waals surface area (Å²) in [7, 11) is 0. The van der Waals surface area contributed by atoms with E-state index in [1.54, 1.807) is 30.6 Å². The van der Waals surface area contributed by atoms with Crippen LogP contribution in [0.4, 0.5) is 5.82 Å². The normalized spacial score (nSPS) is 15.2. The van der Waals surface area contributed by atoms with Gasteiger partial charge in [-0.1, -0.05) is 26.8 Å². The molecule has 0 atom stereocenters. The van der Waals surface area contributed by atoms with Crippen molar-refractivity contribution in [1.29, 1.82) is 0 Å². The highest BCUT2D eigenvalue weighted by molar-refractivity contribution is 6.07. The number of pyridine rings is 2. The number of carbonyl (C=O) groups is 2. The summed E-state index contributed by atoms with van der Waals surface area (Å²) in [5.74, 6) is 0.856. The first-order valence-electron chi connectivity index (χ1n) is 9.78. The summed E-state index contributed by atoms with van der Waals surface area (Å²) in [4.78, 5) is 37.9. The minimum absolute atomic E-state index is 0.00831. The minimum atomic E-state index is -0.133. The Morgan fingerprint density at radius 3 is 2.57 bits per heavy atom. The van der Waals surface area contributed by atoms with Gasteiger partial charge in [0.1, 0.15) is 11.5 Å². The third-order valence-electron chi connectivity index (χ3n) is 4.74. The second-order valence-electron chi connectivity index (χ2n) is 8.41. The molecule has 1 fully saturated rings. The van der Waals surface area contributed by atoms with Gasteiger partial charge in [-0.15, -0.1) is 0 Å². The zero-order chi connectivity index (χ0) is 20.1. The van der Waals surface area contributed by atoms with Crippen LogP contribution in [-0.4, -0.2) is 52.7 Å². The van der Waals surface area contributed by atoms with Crippen molar-refractivity contribution >= 4 is 17.5 Å². The van der Waals surface area contributed by atoms with Crippen molar-refractivity contribution in [3.8, 4) is 0 Å². The van der Waals surface area contributed by atoms with Crippen LogP contribution in [0, 0.1) is 5.41 Å². The molecule has 0 radical (unpaired) electrons. The molecular weight excluding hydrogens is 352 g/mol. The number of carbonyl (C=O) groups excluding carboxylic acids is 2. The van der Waals surface area contributed by atoms with Crippen molar-refractivity contribution in [2.45, 2.75) is 33.6 Å². The zero-order valence-corrected chi connectivity index (χ0v) is 16.9. The molecule has 1 aliphatic heterocycles. The Morgan fingerprint density at radius 2 is 1.86 bits per heavy atom. The van der Waals surface area contributed by atoms with Crippen molar-refractivity contribution < 1.29 is 9.59 Å². The van der Waals surface area contributed by atoms with E-state index < -0.39 is 0 Å². The van der Waals surface area contributed by atoms with E-state index >= 15 is 0 Å².